The standard InChI is InChI=1S/C20H20BrN3O2/c1-20(16-8-4-5-9-17(16)21)18(25)24(19(26)22-20)13-23-11-10-14-6-2-3-7-15(14)12-23/h2-9H,10-13H2,1H3,(H,22,26)/t20-/m1/s1. The molecule has 4 rings (SSSR count). The van der Waals surface area contributed by atoms with E-state index in [0.717, 1.165) is 29.5 Å². The Bertz CT molecular complexity index is 885. The van der Waals surface area contributed by atoms with Crippen LogP contribution in [0.5, 0.6) is 0 Å². The number of fused-ring (bicyclic) bond motifs is 1. The monoisotopic (exact) mass is 413 g/mol. The van der Waals surface area contributed by atoms with Crippen molar-refractivity contribution >= 4 is 27.9 Å². The molecule has 5 nitrogen and oxygen atoms in total. The van der Waals surface area contributed by atoms with Gasteiger partial charge in [0.15, 0.2) is 0 Å². The van der Waals surface area contributed by atoms with Crippen LogP contribution in [0.25, 0.3) is 0 Å². The van der Waals surface area contributed by atoms with Gasteiger partial charge < -0.3 is 5.32 Å². The summed E-state index contributed by atoms with van der Waals surface area (Å²) in [6.07, 6.45) is 0.932. The van der Waals surface area contributed by atoms with E-state index in [2.05, 4.69) is 44.3 Å². The van der Waals surface area contributed by atoms with Gasteiger partial charge in [-0.3, -0.25) is 9.69 Å². The van der Waals surface area contributed by atoms with Gasteiger partial charge in [-0.2, -0.15) is 0 Å². The highest BCUT2D eigenvalue weighted by molar-refractivity contribution is 9.10. The molecule has 2 aliphatic rings. The van der Waals surface area contributed by atoms with Crippen molar-refractivity contribution in [2.75, 3.05) is 13.2 Å². The molecule has 134 valence electrons. The Labute approximate surface area is 161 Å². The van der Waals surface area contributed by atoms with E-state index in [1.807, 2.05) is 30.3 Å². The molecule has 1 saturated heterocycles. The first-order chi connectivity index (χ1) is 12.5. The second kappa shape index (κ2) is 6.52. The van der Waals surface area contributed by atoms with Crippen LogP contribution in [-0.2, 0) is 23.3 Å². The van der Waals surface area contributed by atoms with Crippen molar-refractivity contribution in [1.82, 2.24) is 15.1 Å². The molecule has 0 unspecified atom stereocenters. The topological polar surface area (TPSA) is 52.7 Å². The second-order valence-electron chi connectivity index (χ2n) is 6.98. The van der Waals surface area contributed by atoms with Crippen molar-refractivity contribution < 1.29 is 9.59 Å². The summed E-state index contributed by atoms with van der Waals surface area (Å²) in [6, 6.07) is 15.5. The fourth-order valence-corrected chi connectivity index (χ4v) is 4.43. The lowest BCUT2D eigenvalue weighted by molar-refractivity contribution is -0.132. The average Bonchev–Trinajstić information content (AvgIpc) is 2.86. The van der Waals surface area contributed by atoms with Crippen LogP contribution in [0.4, 0.5) is 4.79 Å². The summed E-state index contributed by atoms with van der Waals surface area (Å²) in [7, 11) is 0. The highest BCUT2D eigenvalue weighted by atomic mass is 79.9. The van der Waals surface area contributed by atoms with E-state index in [0.29, 0.717) is 6.67 Å². The molecule has 0 saturated carbocycles. The van der Waals surface area contributed by atoms with Crippen LogP contribution < -0.4 is 5.32 Å². The molecule has 3 amide bonds. The summed E-state index contributed by atoms with van der Waals surface area (Å²) in [6.45, 7) is 3.65. The molecule has 1 fully saturated rings. The van der Waals surface area contributed by atoms with Crippen LogP contribution in [0.2, 0.25) is 0 Å². The Morgan fingerprint density at radius 1 is 1.08 bits per heavy atom. The summed E-state index contributed by atoms with van der Waals surface area (Å²) < 4.78 is 0.810. The Balaban J connectivity index is 1.55. The van der Waals surface area contributed by atoms with Crippen LogP contribution in [0.15, 0.2) is 53.0 Å². The molecule has 6 heteroatoms. The molecule has 26 heavy (non-hydrogen) atoms. The summed E-state index contributed by atoms with van der Waals surface area (Å²) >= 11 is 3.49. The number of halogens is 1. The number of carbonyl (C=O) groups is 2. The van der Waals surface area contributed by atoms with Gasteiger partial charge in [-0.1, -0.05) is 58.4 Å². The van der Waals surface area contributed by atoms with E-state index in [1.54, 1.807) is 6.92 Å². The van der Waals surface area contributed by atoms with Gasteiger partial charge in [0.25, 0.3) is 5.91 Å². The molecule has 2 aromatic carbocycles. The Kier molecular flexibility index (Phi) is 4.32. The van der Waals surface area contributed by atoms with Crippen LogP contribution in [-0.4, -0.2) is 35.0 Å². The molecular formula is C20H20BrN3O2. The number of nitrogens with zero attached hydrogens (tertiary/aromatic N) is 2. The largest absolute Gasteiger partial charge is 0.326 e. The molecule has 1 N–H and O–H groups in total. The van der Waals surface area contributed by atoms with E-state index >= 15 is 0 Å². The lowest BCUT2D eigenvalue weighted by atomic mass is 9.92. The van der Waals surface area contributed by atoms with Gasteiger partial charge in [0.05, 0.1) is 6.67 Å². The lowest BCUT2D eigenvalue weighted by Crippen LogP contribution is -2.45. The van der Waals surface area contributed by atoms with Gasteiger partial charge >= 0.3 is 6.03 Å². The molecule has 2 aromatic rings. The van der Waals surface area contributed by atoms with Crippen molar-refractivity contribution in [3.05, 3.63) is 69.7 Å². The third-order valence-corrected chi connectivity index (χ3v) is 5.93. The number of hydrogen-bond donors (Lipinski definition) is 1. The molecule has 0 radical (unpaired) electrons. The minimum absolute atomic E-state index is 0.215. The predicted octanol–water partition coefficient (Wildman–Crippen LogP) is 3.23. The van der Waals surface area contributed by atoms with Crippen molar-refractivity contribution in [1.29, 1.82) is 0 Å². The summed E-state index contributed by atoms with van der Waals surface area (Å²) in [5.41, 5.74) is 2.33. The number of nitrogens with one attached hydrogen (secondary N) is 1. The van der Waals surface area contributed by atoms with Crippen molar-refractivity contribution in [3.8, 4) is 0 Å². The van der Waals surface area contributed by atoms with Crippen LogP contribution in [0.3, 0.4) is 0 Å². The smallest absolute Gasteiger partial charge is 0.319 e. The van der Waals surface area contributed by atoms with Crippen LogP contribution in [0, 0.1) is 0 Å². The van der Waals surface area contributed by atoms with E-state index in [1.165, 1.54) is 16.0 Å². The minimum atomic E-state index is -1.05. The number of hydrogen-bond acceptors (Lipinski definition) is 3. The quantitative estimate of drug-likeness (QED) is 0.785. The highest BCUT2D eigenvalue weighted by Crippen LogP contribution is 2.34. The number of imide groups is 1. The maximum atomic E-state index is 13.1. The Morgan fingerprint density at radius 2 is 1.77 bits per heavy atom. The fraction of sp³-hybridized carbons (Fsp3) is 0.300. The normalized spacial score (nSPS) is 23.1. The maximum Gasteiger partial charge on any atom is 0.326 e. The Hall–Kier alpha value is -2.18. The number of urea groups is 1. The zero-order valence-corrected chi connectivity index (χ0v) is 16.1. The minimum Gasteiger partial charge on any atom is -0.319 e. The number of benzene rings is 2. The fourth-order valence-electron chi connectivity index (χ4n) is 3.75. The van der Waals surface area contributed by atoms with Crippen LogP contribution in [0.1, 0.15) is 23.6 Å². The van der Waals surface area contributed by atoms with Gasteiger partial charge in [-0.05, 0) is 30.5 Å². The number of rotatable bonds is 3. The summed E-state index contributed by atoms with van der Waals surface area (Å²) in [5, 5.41) is 2.88. The van der Waals surface area contributed by atoms with Crippen LogP contribution >= 0.6 is 15.9 Å². The summed E-state index contributed by atoms with van der Waals surface area (Å²) in [5.74, 6) is -0.215. The van der Waals surface area contributed by atoms with Gasteiger partial charge in [0.2, 0.25) is 0 Å². The van der Waals surface area contributed by atoms with E-state index in [4.69, 9.17) is 0 Å². The van der Waals surface area contributed by atoms with Gasteiger partial charge in [-0.15, -0.1) is 0 Å². The first-order valence-electron chi connectivity index (χ1n) is 8.67. The Morgan fingerprint density at radius 3 is 2.54 bits per heavy atom. The molecule has 0 aliphatic carbocycles. The van der Waals surface area contributed by atoms with Crippen molar-refractivity contribution in [2.24, 2.45) is 0 Å². The van der Waals surface area contributed by atoms with Crippen molar-refractivity contribution in [2.45, 2.75) is 25.4 Å². The van der Waals surface area contributed by atoms with E-state index in [9.17, 15) is 9.59 Å². The average molecular weight is 414 g/mol. The number of amides is 3. The first-order valence-corrected chi connectivity index (χ1v) is 9.46. The van der Waals surface area contributed by atoms with E-state index in [-0.39, 0.29) is 11.9 Å². The van der Waals surface area contributed by atoms with Gasteiger partial charge in [0.1, 0.15) is 5.54 Å². The third-order valence-electron chi connectivity index (χ3n) is 5.24. The first kappa shape index (κ1) is 17.2. The molecule has 0 aromatic heterocycles. The molecule has 2 aliphatic heterocycles. The van der Waals surface area contributed by atoms with Crippen molar-refractivity contribution in [3.63, 3.8) is 0 Å². The van der Waals surface area contributed by atoms with E-state index < -0.39 is 5.54 Å². The summed E-state index contributed by atoms with van der Waals surface area (Å²) in [4.78, 5) is 29.1. The second-order valence-corrected chi connectivity index (χ2v) is 7.84. The molecule has 0 bridgehead atoms. The zero-order valence-electron chi connectivity index (χ0n) is 14.5. The maximum absolute atomic E-state index is 13.1. The SMILES string of the molecule is C[C@]1(c2ccccc2Br)NC(=O)N(CN2CCc3ccccc3C2)C1=O. The third kappa shape index (κ3) is 2.83. The lowest BCUT2D eigenvalue weighted by Gasteiger charge is -2.31. The van der Waals surface area contributed by atoms with Gasteiger partial charge in [-0.25, -0.2) is 9.69 Å². The molecule has 1 atom stereocenters. The molecule has 0 spiro atoms. The highest BCUT2D eigenvalue weighted by Gasteiger charge is 2.50. The molecular weight excluding hydrogens is 394 g/mol. The number of carbonyl (C=O) groups excluding carboxylic acids is 2. The molecule has 2 heterocycles. The van der Waals surface area contributed by atoms with Gasteiger partial charge in [0, 0.05) is 23.1 Å². The zero-order chi connectivity index (χ0) is 18.3. The predicted molar refractivity (Wildman–Crippen MR) is 102 cm³/mol.